The lowest BCUT2D eigenvalue weighted by Crippen LogP contribution is -2.48. The summed E-state index contributed by atoms with van der Waals surface area (Å²) in [6.45, 7) is 2.52. The second-order valence-corrected chi connectivity index (χ2v) is 6.09. The van der Waals surface area contributed by atoms with Gasteiger partial charge in [-0.2, -0.15) is 0 Å². The Morgan fingerprint density at radius 2 is 2.25 bits per heavy atom. The van der Waals surface area contributed by atoms with Crippen molar-refractivity contribution in [3.8, 4) is 5.75 Å². The van der Waals surface area contributed by atoms with E-state index in [0.29, 0.717) is 11.3 Å². The van der Waals surface area contributed by atoms with E-state index in [1.807, 2.05) is 6.07 Å². The van der Waals surface area contributed by atoms with Crippen LogP contribution in [0.1, 0.15) is 50.6 Å². The summed E-state index contributed by atoms with van der Waals surface area (Å²) in [4.78, 5) is 0. The number of hydrogen-bond donors (Lipinski definition) is 1. The van der Waals surface area contributed by atoms with Crippen molar-refractivity contribution in [3.05, 3.63) is 29.6 Å². The fourth-order valence-electron chi connectivity index (χ4n) is 3.15. The van der Waals surface area contributed by atoms with Gasteiger partial charge in [-0.25, -0.2) is 4.39 Å². The van der Waals surface area contributed by atoms with Crippen LogP contribution in [0, 0.1) is 5.82 Å². The van der Waals surface area contributed by atoms with Crippen LogP contribution in [-0.4, -0.2) is 18.3 Å². The summed E-state index contributed by atoms with van der Waals surface area (Å²) in [5.41, 5.74) is 6.29. The van der Waals surface area contributed by atoms with Crippen molar-refractivity contribution >= 4 is 0 Å². The summed E-state index contributed by atoms with van der Waals surface area (Å²) >= 11 is 0. The van der Waals surface area contributed by atoms with Gasteiger partial charge in [0.05, 0.1) is 12.2 Å². The molecule has 1 spiro atoms. The summed E-state index contributed by atoms with van der Waals surface area (Å²) in [6.07, 6.45) is 5.42. The molecule has 0 amide bonds. The molecule has 1 saturated carbocycles. The van der Waals surface area contributed by atoms with Gasteiger partial charge in [0, 0.05) is 30.5 Å². The van der Waals surface area contributed by atoms with E-state index in [-0.39, 0.29) is 23.6 Å². The molecule has 2 N–H and O–H groups in total. The van der Waals surface area contributed by atoms with Gasteiger partial charge in [0.1, 0.15) is 17.7 Å². The fourth-order valence-corrected chi connectivity index (χ4v) is 3.15. The average Bonchev–Trinajstić information content (AvgIpc) is 2.37. The van der Waals surface area contributed by atoms with E-state index in [1.54, 1.807) is 13.0 Å². The normalized spacial score (nSPS) is 26.1. The minimum absolute atomic E-state index is 0.0488. The van der Waals surface area contributed by atoms with Gasteiger partial charge < -0.3 is 15.2 Å². The number of benzene rings is 1. The molecule has 2 atom stereocenters. The molecular formula is C16H22FNO2. The maximum absolute atomic E-state index is 13.9. The molecule has 0 aromatic heterocycles. The predicted molar refractivity (Wildman–Crippen MR) is 75.2 cm³/mol. The van der Waals surface area contributed by atoms with Crippen LogP contribution in [0.3, 0.4) is 0 Å². The van der Waals surface area contributed by atoms with Crippen molar-refractivity contribution in [1.82, 2.24) is 0 Å². The molecule has 1 aliphatic carbocycles. The minimum atomic E-state index is -0.301. The zero-order valence-corrected chi connectivity index (χ0v) is 11.9. The van der Waals surface area contributed by atoms with Crippen LogP contribution in [-0.2, 0) is 4.74 Å². The van der Waals surface area contributed by atoms with Crippen LogP contribution < -0.4 is 10.5 Å². The molecule has 1 aliphatic heterocycles. The van der Waals surface area contributed by atoms with Gasteiger partial charge in [-0.15, -0.1) is 0 Å². The molecule has 0 radical (unpaired) electrons. The third kappa shape index (κ3) is 2.67. The summed E-state index contributed by atoms with van der Waals surface area (Å²) in [7, 11) is 0. The second-order valence-electron chi connectivity index (χ2n) is 6.09. The standard InChI is InChI=1S/C16H22FNO2/c1-11(18)14-4-3-12(9-15(14)17)20-13-5-8-19-16(10-13)6-2-7-16/h3-4,9,11,13H,2,5-8,10,18H2,1H3/t11-,13?/m1/s1. The number of rotatable bonds is 3. The third-order valence-corrected chi connectivity index (χ3v) is 4.48. The first-order chi connectivity index (χ1) is 9.58. The van der Waals surface area contributed by atoms with Crippen LogP contribution in [0.15, 0.2) is 18.2 Å². The maximum Gasteiger partial charge on any atom is 0.131 e. The molecule has 1 aromatic carbocycles. The van der Waals surface area contributed by atoms with Crippen molar-refractivity contribution in [3.63, 3.8) is 0 Å². The van der Waals surface area contributed by atoms with E-state index >= 15 is 0 Å². The molecule has 3 rings (SSSR count). The average molecular weight is 279 g/mol. The van der Waals surface area contributed by atoms with Crippen LogP contribution >= 0.6 is 0 Å². The highest BCUT2D eigenvalue weighted by Crippen LogP contribution is 2.43. The first-order valence-corrected chi connectivity index (χ1v) is 7.44. The Labute approximate surface area is 119 Å². The van der Waals surface area contributed by atoms with Crippen LogP contribution in [0.2, 0.25) is 0 Å². The Bertz CT molecular complexity index is 485. The van der Waals surface area contributed by atoms with Gasteiger partial charge in [0.15, 0.2) is 0 Å². The number of halogens is 1. The molecule has 110 valence electrons. The highest BCUT2D eigenvalue weighted by Gasteiger charge is 2.43. The highest BCUT2D eigenvalue weighted by atomic mass is 19.1. The third-order valence-electron chi connectivity index (χ3n) is 4.48. The van der Waals surface area contributed by atoms with Crippen LogP contribution in [0.5, 0.6) is 5.75 Å². The lowest BCUT2D eigenvalue weighted by Gasteiger charge is -2.46. The van der Waals surface area contributed by atoms with Crippen LogP contribution in [0.4, 0.5) is 4.39 Å². The lowest BCUT2D eigenvalue weighted by atomic mass is 9.74. The molecule has 1 heterocycles. The molecule has 20 heavy (non-hydrogen) atoms. The van der Waals surface area contributed by atoms with Crippen molar-refractivity contribution in [1.29, 1.82) is 0 Å². The Kier molecular flexibility index (Phi) is 3.69. The Morgan fingerprint density at radius 1 is 1.45 bits per heavy atom. The monoisotopic (exact) mass is 279 g/mol. The number of nitrogens with two attached hydrogens (primary N) is 1. The molecular weight excluding hydrogens is 257 g/mol. The zero-order chi connectivity index (χ0) is 14.2. The molecule has 4 heteroatoms. The van der Waals surface area contributed by atoms with Gasteiger partial charge in [-0.1, -0.05) is 6.07 Å². The van der Waals surface area contributed by atoms with Crippen LogP contribution in [0.25, 0.3) is 0 Å². The molecule has 3 nitrogen and oxygen atoms in total. The van der Waals surface area contributed by atoms with Gasteiger partial charge in [0.2, 0.25) is 0 Å². The van der Waals surface area contributed by atoms with E-state index in [1.165, 1.54) is 12.5 Å². The van der Waals surface area contributed by atoms with E-state index in [0.717, 1.165) is 32.3 Å². The lowest BCUT2D eigenvalue weighted by molar-refractivity contribution is -0.153. The fraction of sp³-hybridized carbons (Fsp3) is 0.625. The van der Waals surface area contributed by atoms with E-state index in [9.17, 15) is 4.39 Å². The Hall–Kier alpha value is -1.13. The highest BCUT2D eigenvalue weighted by molar-refractivity contribution is 5.30. The summed E-state index contributed by atoms with van der Waals surface area (Å²) in [5, 5.41) is 0. The zero-order valence-electron chi connectivity index (χ0n) is 11.9. The van der Waals surface area contributed by atoms with Gasteiger partial charge in [-0.05, 0) is 32.3 Å². The molecule has 1 aromatic rings. The van der Waals surface area contributed by atoms with Crippen molar-refractivity contribution in [2.24, 2.45) is 5.73 Å². The maximum atomic E-state index is 13.9. The first kappa shape index (κ1) is 13.8. The smallest absolute Gasteiger partial charge is 0.131 e. The second kappa shape index (κ2) is 5.34. The van der Waals surface area contributed by atoms with Gasteiger partial charge >= 0.3 is 0 Å². The molecule has 1 unspecified atom stereocenters. The summed E-state index contributed by atoms with van der Waals surface area (Å²) in [5.74, 6) is 0.302. The van der Waals surface area contributed by atoms with Crippen molar-refractivity contribution in [2.75, 3.05) is 6.61 Å². The predicted octanol–water partition coefficient (Wildman–Crippen LogP) is 3.33. The van der Waals surface area contributed by atoms with Gasteiger partial charge in [-0.3, -0.25) is 0 Å². The van der Waals surface area contributed by atoms with Gasteiger partial charge in [0.25, 0.3) is 0 Å². The van der Waals surface area contributed by atoms with Crippen molar-refractivity contribution in [2.45, 2.75) is 56.8 Å². The van der Waals surface area contributed by atoms with Crippen molar-refractivity contribution < 1.29 is 13.9 Å². The Morgan fingerprint density at radius 3 is 2.85 bits per heavy atom. The molecule has 2 aliphatic rings. The Balaban J connectivity index is 1.67. The molecule has 0 bridgehead atoms. The molecule has 1 saturated heterocycles. The number of hydrogen-bond acceptors (Lipinski definition) is 3. The van der Waals surface area contributed by atoms with E-state index in [4.69, 9.17) is 15.2 Å². The summed E-state index contributed by atoms with van der Waals surface area (Å²) < 4.78 is 25.7. The topological polar surface area (TPSA) is 44.5 Å². The molecule has 2 fully saturated rings. The largest absolute Gasteiger partial charge is 0.490 e. The van der Waals surface area contributed by atoms with E-state index < -0.39 is 0 Å². The first-order valence-electron chi connectivity index (χ1n) is 7.44. The summed E-state index contributed by atoms with van der Waals surface area (Å²) in [6, 6.07) is 4.67. The minimum Gasteiger partial charge on any atom is -0.490 e. The quantitative estimate of drug-likeness (QED) is 0.923. The van der Waals surface area contributed by atoms with E-state index in [2.05, 4.69) is 0 Å². The SMILES string of the molecule is C[C@@H](N)c1ccc(OC2CCOC3(CCC3)C2)cc1F. The number of ether oxygens (including phenoxy) is 2.